The highest BCUT2D eigenvalue weighted by molar-refractivity contribution is 5.91. The van der Waals surface area contributed by atoms with E-state index in [1.165, 1.54) is 70.6 Å². The predicted octanol–water partition coefficient (Wildman–Crippen LogP) is 9.30. The van der Waals surface area contributed by atoms with Gasteiger partial charge in [-0.3, -0.25) is 0 Å². The molecule has 1 unspecified atom stereocenters. The van der Waals surface area contributed by atoms with Gasteiger partial charge in [-0.05, 0) is 48.7 Å². The Balaban J connectivity index is 1.30. The molecule has 1 atom stereocenters. The summed E-state index contributed by atoms with van der Waals surface area (Å²) in [6.45, 7) is 8.70. The normalized spacial score (nSPS) is 18.0. The second-order valence-corrected chi connectivity index (χ2v) is 11.1. The monoisotopic (exact) mass is 538 g/mol. The zero-order valence-electron chi connectivity index (χ0n) is 24.5. The fourth-order valence-electron chi connectivity index (χ4n) is 4.73. The van der Waals surface area contributed by atoms with Crippen LogP contribution in [0.4, 0.5) is 0 Å². The van der Waals surface area contributed by atoms with Crippen LogP contribution in [0.5, 0.6) is 11.5 Å². The number of benzene rings is 2. The molecule has 5 nitrogen and oxygen atoms in total. The van der Waals surface area contributed by atoms with Gasteiger partial charge in [0.2, 0.25) is 0 Å². The van der Waals surface area contributed by atoms with Crippen LogP contribution in [-0.2, 0) is 9.47 Å². The van der Waals surface area contributed by atoms with Crippen molar-refractivity contribution in [2.24, 2.45) is 11.8 Å². The Labute approximate surface area is 236 Å². The average molecular weight is 539 g/mol. The van der Waals surface area contributed by atoms with Crippen molar-refractivity contribution in [2.75, 3.05) is 19.8 Å². The van der Waals surface area contributed by atoms with Crippen LogP contribution in [0.1, 0.15) is 120 Å². The molecule has 3 rings (SSSR count). The topological polar surface area (TPSA) is 54.0 Å². The van der Waals surface area contributed by atoms with Gasteiger partial charge in [0.15, 0.2) is 6.29 Å². The fourth-order valence-corrected chi connectivity index (χ4v) is 4.73. The highest BCUT2D eigenvalue weighted by atomic mass is 16.7. The smallest absolute Gasteiger partial charge is 0.343 e. The van der Waals surface area contributed by atoms with Crippen molar-refractivity contribution in [2.45, 2.75) is 104 Å². The van der Waals surface area contributed by atoms with Crippen molar-refractivity contribution in [3.63, 3.8) is 0 Å². The van der Waals surface area contributed by atoms with Crippen LogP contribution in [0, 0.1) is 11.8 Å². The predicted molar refractivity (Wildman–Crippen MR) is 157 cm³/mol. The Morgan fingerprint density at radius 2 is 1.36 bits per heavy atom. The summed E-state index contributed by atoms with van der Waals surface area (Å²) >= 11 is 0. The fraction of sp³-hybridized carbons (Fsp3) is 0.618. The summed E-state index contributed by atoms with van der Waals surface area (Å²) in [6, 6.07) is 14.5. The third-order valence-electron chi connectivity index (χ3n) is 7.62. The summed E-state index contributed by atoms with van der Waals surface area (Å²) in [5.74, 6) is 1.83. The lowest BCUT2D eigenvalue weighted by Gasteiger charge is -2.29. The SMILES string of the molecule is CCCCCCCCCCCCC1COC(c2ccc(OC(=O)c3ccc(OCC(C)CC)cc3)cc2)OC1. The number of carbonyl (C=O) groups is 1. The lowest BCUT2D eigenvalue weighted by molar-refractivity contribution is -0.206. The molecule has 1 aliphatic rings. The molecule has 0 N–H and O–H groups in total. The molecule has 0 aliphatic carbocycles. The van der Waals surface area contributed by atoms with Crippen LogP contribution in [0.2, 0.25) is 0 Å². The van der Waals surface area contributed by atoms with Crippen LogP contribution in [0.15, 0.2) is 48.5 Å². The Morgan fingerprint density at radius 3 is 1.95 bits per heavy atom. The van der Waals surface area contributed by atoms with Crippen molar-refractivity contribution in [1.82, 2.24) is 0 Å². The number of hydrogen-bond donors (Lipinski definition) is 0. The molecule has 0 saturated carbocycles. The van der Waals surface area contributed by atoms with Gasteiger partial charge in [0.25, 0.3) is 0 Å². The summed E-state index contributed by atoms with van der Waals surface area (Å²) in [5.41, 5.74) is 1.43. The average Bonchev–Trinajstić information content (AvgIpc) is 2.98. The van der Waals surface area contributed by atoms with Crippen LogP contribution in [-0.4, -0.2) is 25.8 Å². The molecule has 1 aliphatic heterocycles. The molecular weight excluding hydrogens is 488 g/mol. The standard InChI is InChI=1S/C34H50O5/c1-4-6-7-8-9-10-11-12-13-14-15-28-25-37-34(38-26-28)30-18-22-32(23-19-30)39-33(35)29-16-20-31(21-17-29)36-24-27(3)5-2/h16-23,27-28,34H,4-15,24-26H2,1-3H3. The van der Waals surface area contributed by atoms with Gasteiger partial charge in [-0.15, -0.1) is 0 Å². The quantitative estimate of drug-likeness (QED) is 0.107. The van der Waals surface area contributed by atoms with E-state index in [1.807, 2.05) is 24.3 Å². The molecular formula is C34H50O5. The Kier molecular flexibility index (Phi) is 14.4. The Bertz CT molecular complexity index is 916. The second kappa shape index (κ2) is 18.1. The number of ether oxygens (including phenoxy) is 4. The van der Waals surface area contributed by atoms with E-state index in [-0.39, 0.29) is 6.29 Å². The molecule has 1 fully saturated rings. The first-order valence-electron chi connectivity index (χ1n) is 15.4. The molecule has 0 aromatic heterocycles. The zero-order valence-corrected chi connectivity index (χ0v) is 24.5. The van der Waals surface area contributed by atoms with E-state index in [4.69, 9.17) is 18.9 Å². The van der Waals surface area contributed by atoms with E-state index in [9.17, 15) is 4.79 Å². The molecule has 5 heteroatoms. The largest absolute Gasteiger partial charge is 0.493 e. The maximum atomic E-state index is 12.6. The van der Waals surface area contributed by atoms with Gasteiger partial charge in [-0.25, -0.2) is 4.79 Å². The van der Waals surface area contributed by atoms with Crippen molar-refractivity contribution >= 4 is 5.97 Å². The van der Waals surface area contributed by atoms with E-state index in [1.54, 1.807) is 24.3 Å². The van der Waals surface area contributed by atoms with Gasteiger partial charge < -0.3 is 18.9 Å². The van der Waals surface area contributed by atoms with E-state index in [0.717, 1.165) is 30.9 Å². The van der Waals surface area contributed by atoms with E-state index in [0.29, 0.717) is 29.8 Å². The lowest BCUT2D eigenvalue weighted by atomic mass is 10.0. The zero-order chi connectivity index (χ0) is 27.7. The van der Waals surface area contributed by atoms with Gasteiger partial charge in [-0.2, -0.15) is 0 Å². The van der Waals surface area contributed by atoms with Crippen molar-refractivity contribution in [3.8, 4) is 11.5 Å². The van der Waals surface area contributed by atoms with E-state index >= 15 is 0 Å². The molecule has 0 spiro atoms. The molecule has 0 amide bonds. The Hall–Kier alpha value is -2.37. The van der Waals surface area contributed by atoms with Crippen LogP contribution < -0.4 is 9.47 Å². The minimum atomic E-state index is -0.392. The molecule has 2 aromatic carbocycles. The Morgan fingerprint density at radius 1 is 0.795 bits per heavy atom. The van der Waals surface area contributed by atoms with Gasteiger partial charge in [0, 0.05) is 11.5 Å². The number of unbranched alkanes of at least 4 members (excludes halogenated alkanes) is 9. The van der Waals surface area contributed by atoms with Gasteiger partial charge in [-0.1, -0.05) is 104 Å². The third kappa shape index (κ3) is 11.7. The van der Waals surface area contributed by atoms with E-state index in [2.05, 4.69) is 20.8 Å². The molecule has 2 aromatic rings. The summed E-state index contributed by atoms with van der Waals surface area (Å²) in [6.07, 6.45) is 15.5. The van der Waals surface area contributed by atoms with Crippen LogP contribution in [0.25, 0.3) is 0 Å². The van der Waals surface area contributed by atoms with Gasteiger partial charge >= 0.3 is 5.97 Å². The lowest BCUT2D eigenvalue weighted by Crippen LogP contribution is -2.27. The number of esters is 1. The highest BCUT2D eigenvalue weighted by Gasteiger charge is 2.23. The highest BCUT2D eigenvalue weighted by Crippen LogP contribution is 2.29. The summed E-state index contributed by atoms with van der Waals surface area (Å²) in [5, 5.41) is 0. The van der Waals surface area contributed by atoms with Crippen molar-refractivity contribution in [1.29, 1.82) is 0 Å². The van der Waals surface area contributed by atoms with E-state index < -0.39 is 5.97 Å². The van der Waals surface area contributed by atoms with Crippen LogP contribution in [0.3, 0.4) is 0 Å². The number of carbonyl (C=O) groups excluding carboxylic acids is 1. The first-order chi connectivity index (χ1) is 19.1. The summed E-state index contributed by atoms with van der Waals surface area (Å²) in [7, 11) is 0. The molecule has 0 radical (unpaired) electrons. The molecule has 39 heavy (non-hydrogen) atoms. The van der Waals surface area contributed by atoms with Gasteiger partial charge in [0.1, 0.15) is 11.5 Å². The maximum absolute atomic E-state index is 12.6. The minimum Gasteiger partial charge on any atom is -0.493 e. The number of rotatable bonds is 18. The van der Waals surface area contributed by atoms with Crippen molar-refractivity contribution in [3.05, 3.63) is 59.7 Å². The molecule has 216 valence electrons. The molecule has 1 saturated heterocycles. The van der Waals surface area contributed by atoms with Crippen LogP contribution >= 0.6 is 0 Å². The van der Waals surface area contributed by atoms with Crippen molar-refractivity contribution < 1.29 is 23.7 Å². The maximum Gasteiger partial charge on any atom is 0.343 e. The van der Waals surface area contributed by atoms with Gasteiger partial charge in [0.05, 0.1) is 25.4 Å². The molecule has 1 heterocycles. The second-order valence-electron chi connectivity index (χ2n) is 11.1. The first-order valence-corrected chi connectivity index (χ1v) is 15.4. The third-order valence-corrected chi connectivity index (χ3v) is 7.62. The minimum absolute atomic E-state index is 0.360. The first kappa shape index (κ1) is 31.2. The molecule has 0 bridgehead atoms. The summed E-state index contributed by atoms with van der Waals surface area (Å²) < 4.78 is 23.4. The summed E-state index contributed by atoms with van der Waals surface area (Å²) in [4.78, 5) is 12.6. The number of hydrogen-bond acceptors (Lipinski definition) is 5.